The molecule has 6 nitrogen and oxygen atoms in total. The van der Waals surface area contributed by atoms with E-state index >= 15 is 0 Å². The molecule has 0 aromatic rings. The number of hydrogen-bond acceptors (Lipinski definition) is 5. The first-order valence-electron chi connectivity index (χ1n) is 4.03. The van der Waals surface area contributed by atoms with Crippen molar-refractivity contribution in [3.8, 4) is 0 Å². The third kappa shape index (κ3) is 1.18. The molecule has 0 bridgehead atoms. The molecule has 0 aromatic carbocycles. The molecule has 6 heteroatoms. The van der Waals surface area contributed by atoms with Crippen LogP contribution in [0.2, 0.25) is 0 Å². The molecular formula is C6H13N5O. The topological polar surface area (TPSA) is 82.4 Å². The largest absolute Gasteiger partial charge is 0.302 e. The van der Waals surface area contributed by atoms with Crippen molar-refractivity contribution in [3.05, 3.63) is 0 Å². The molecule has 2 rings (SSSR count). The Morgan fingerprint density at radius 2 is 2.33 bits per heavy atom. The molecule has 12 heavy (non-hydrogen) atoms. The van der Waals surface area contributed by atoms with Crippen LogP contribution in [0.5, 0.6) is 0 Å². The number of fused-ring (bicyclic) bond motifs is 1. The van der Waals surface area contributed by atoms with E-state index < -0.39 is 0 Å². The molecule has 0 aromatic heterocycles. The minimum atomic E-state index is -0.336. The predicted octanol–water partition coefficient (Wildman–Crippen LogP) is -2.17. The van der Waals surface area contributed by atoms with Crippen LogP contribution >= 0.6 is 0 Å². The predicted molar refractivity (Wildman–Crippen MR) is 42.1 cm³/mol. The Bertz CT molecular complexity index is 208. The third-order valence-electron chi connectivity index (χ3n) is 2.07. The van der Waals surface area contributed by atoms with Crippen molar-refractivity contribution in [1.82, 2.24) is 21.1 Å². The van der Waals surface area contributed by atoms with Crippen LogP contribution in [-0.2, 0) is 4.79 Å². The van der Waals surface area contributed by atoms with E-state index in [1.807, 2.05) is 6.92 Å². The van der Waals surface area contributed by atoms with E-state index in [2.05, 4.69) is 16.1 Å². The average molecular weight is 171 g/mol. The highest BCUT2D eigenvalue weighted by molar-refractivity contribution is 5.77. The fourth-order valence-electron chi connectivity index (χ4n) is 1.53. The Labute approximate surface area is 70.4 Å². The van der Waals surface area contributed by atoms with Gasteiger partial charge in [0.1, 0.15) is 6.29 Å². The van der Waals surface area contributed by atoms with Gasteiger partial charge in [0.15, 0.2) is 6.29 Å². The lowest BCUT2D eigenvalue weighted by Gasteiger charge is -2.32. The molecule has 0 radical (unpaired) electrons. The summed E-state index contributed by atoms with van der Waals surface area (Å²) in [6, 6.07) is 0.207. The Morgan fingerprint density at radius 1 is 1.58 bits per heavy atom. The number of nitrogens with two attached hydrogens (primary N) is 1. The Hall–Kier alpha value is -0.690. The van der Waals surface area contributed by atoms with Crippen LogP contribution in [0.4, 0.5) is 0 Å². The molecule has 0 saturated carbocycles. The maximum Gasteiger partial charge on any atom is 0.240 e. The molecule has 2 aliphatic heterocycles. The first-order chi connectivity index (χ1) is 5.66. The summed E-state index contributed by atoms with van der Waals surface area (Å²) >= 11 is 0. The minimum absolute atomic E-state index is 0.0756. The fraction of sp³-hybridized carbons (Fsp3) is 0.833. The molecule has 2 heterocycles. The van der Waals surface area contributed by atoms with Crippen LogP contribution in [0.15, 0.2) is 0 Å². The molecule has 2 fully saturated rings. The van der Waals surface area contributed by atoms with Gasteiger partial charge in [0.25, 0.3) is 0 Å². The number of amides is 1. The number of nitrogens with zero attached hydrogens (tertiary/aromatic N) is 1. The maximum atomic E-state index is 11.4. The van der Waals surface area contributed by atoms with Gasteiger partial charge in [-0.15, -0.1) is 0 Å². The maximum absolute atomic E-state index is 11.4. The van der Waals surface area contributed by atoms with Gasteiger partial charge in [-0.1, -0.05) is 0 Å². The summed E-state index contributed by atoms with van der Waals surface area (Å²) in [5.41, 5.74) is 8.36. The summed E-state index contributed by atoms with van der Waals surface area (Å²) in [6.07, 6.45) is 0.0192. The number of carbonyl (C=O) groups is 1. The van der Waals surface area contributed by atoms with Crippen LogP contribution < -0.4 is 21.8 Å². The smallest absolute Gasteiger partial charge is 0.240 e. The summed E-state index contributed by atoms with van der Waals surface area (Å²) in [7, 11) is 0. The average Bonchev–Trinajstić information content (AvgIpc) is 2.29. The normalized spacial score (nSPS) is 41.7. The van der Waals surface area contributed by atoms with Crippen molar-refractivity contribution in [2.24, 2.45) is 5.73 Å². The van der Waals surface area contributed by atoms with E-state index in [0.29, 0.717) is 6.42 Å². The SMILES string of the molecule is CC1CC(=O)N2NC(N)NC2N1. The van der Waals surface area contributed by atoms with E-state index in [-0.39, 0.29) is 24.5 Å². The number of hydrazine groups is 1. The van der Waals surface area contributed by atoms with Crippen LogP contribution in [0, 0.1) is 0 Å². The van der Waals surface area contributed by atoms with E-state index in [0.717, 1.165) is 0 Å². The molecule has 3 unspecified atom stereocenters. The van der Waals surface area contributed by atoms with Crippen LogP contribution in [0.1, 0.15) is 13.3 Å². The van der Waals surface area contributed by atoms with Crippen molar-refractivity contribution < 1.29 is 4.79 Å². The molecular weight excluding hydrogens is 158 g/mol. The Kier molecular flexibility index (Phi) is 1.76. The number of carbonyl (C=O) groups excluding carboxylic acids is 1. The van der Waals surface area contributed by atoms with Gasteiger partial charge < -0.3 is 5.73 Å². The van der Waals surface area contributed by atoms with Gasteiger partial charge in [0.05, 0.1) is 0 Å². The van der Waals surface area contributed by atoms with E-state index in [1.165, 1.54) is 5.01 Å². The van der Waals surface area contributed by atoms with Gasteiger partial charge >= 0.3 is 0 Å². The monoisotopic (exact) mass is 171 g/mol. The van der Waals surface area contributed by atoms with Gasteiger partial charge in [-0.2, -0.15) is 5.43 Å². The number of nitrogens with one attached hydrogen (secondary N) is 3. The standard InChI is InChI=1S/C6H13N5O/c1-3-2-4(12)11-6(8-3)9-5(7)10-11/h3,5-6,8-10H,2,7H2,1H3. The molecule has 0 aliphatic carbocycles. The van der Waals surface area contributed by atoms with Crippen LogP contribution in [0.25, 0.3) is 0 Å². The highest BCUT2D eigenvalue weighted by Gasteiger charge is 2.37. The lowest BCUT2D eigenvalue weighted by molar-refractivity contribution is -0.140. The number of hydrogen-bond donors (Lipinski definition) is 4. The molecule has 3 atom stereocenters. The zero-order valence-corrected chi connectivity index (χ0v) is 6.87. The second-order valence-corrected chi connectivity index (χ2v) is 3.21. The highest BCUT2D eigenvalue weighted by Crippen LogP contribution is 2.10. The van der Waals surface area contributed by atoms with Crippen molar-refractivity contribution in [2.45, 2.75) is 32.0 Å². The Balaban J connectivity index is 2.10. The van der Waals surface area contributed by atoms with Gasteiger partial charge in [-0.05, 0) is 6.92 Å². The van der Waals surface area contributed by atoms with Crippen molar-refractivity contribution >= 4 is 5.91 Å². The highest BCUT2D eigenvalue weighted by atomic mass is 16.2. The summed E-state index contributed by atoms with van der Waals surface area (Å²) < 4.78 is 0. The second kappa shape index (κ2) is 2.67. The van der Waals surface area contributed by atoms with E-state index in [1.54, 1.807) is 0 Å². The quantitative estimate of drug-likeness (QED) is 0.333. The minimum Gasteiger partial charge on any atom is -0.302 e. The molecule has 5 N–H and O–H groups in total. The van der Waals surface area contributed by atoms with Gasteiger partial charge in [-0.3, -0.25) is 15.4 Å². The summed E-state index contributed by atoms with van der Waals surface area (Å²) in [4.78, 5) is 11.4. The first-order valence-corrected chi connectivity index (χ1v) is 4.03. The van der Waals surface area contributed by atoms with Gasteiger partial charge in [0.2, 0.25) is 5.91 Å². The Morgan fingerprint density at radius 3 is 3.08 bits per heavy atom. The van der Waals surface area contributed by atoms with Gasteiger partial charge in [-0.25, -0.2) is 5.01 Å². The van der Waals surface area contributed by atoms with E-state index in [4.69, 9.17) is 5.73 Å². The van der Waals surface area contributed by atoms with Crippen molar-refractivity contribution in [3.63, 3.8) is 0 Å². The molecule has 0 spiro atoms. The first kappa shape index (κ1) is 7.93. The molecule has 2 aliphatic rings. The van der Waals surface area contributed by atoms with Gasteiger partial charge in [0, 0.05) is 12.5 Å². The summed E-state index contributed by atoms with van der Waals surface area (Å²) in [5.74, 6) is 0.0756. The van der Waals surface area contributed by atoms with Crippen LogP contribution in [0.3, 0.4) is 0 Å². The third-order valence-corrected chi connectivity index (χ3v) is 2.07. The second-order valence-electron chi connectivity index (χ2n) is 3.21. The number of rotatable bonds is 0. The van der Waals surface area contributed by atoms with Crippen LogP contribution in [-0.4, -0.2) is 29.5 Å². The van der Waals surface area contributed by atoms with E-state index in [9.17, 15) is 4.79 Å². The zero-order valence-electron chi connectivity index (χ0n) is 6.87. The zero-order chi connectivity index (χ0) is 8.72. The molecule has 1 amide bonds. The lowest BCUT2D eigenvalue weighted by Crippen LogP contribution is -2.60. The summed E-state index contributed by atoms with van der Waals surface area (Å²) in [6.45, 7) is 1.97. The molecule has 68 valence electrons. The molecule has 2 saturated heterocycles. The fourth-order valence-corrected chi connectivity index (χ4v) is 1.53. The lowest BCUT2D eigenvalue weighted by atomic mass is 10.2. The van der Waals surface area contributed by atoms with Crippen molar-refractivity contribution in [1.29, 1.82) is 0 Å². The van der Waals surface area contributed by atoms with Crippen molar-refractivity contribution in [2.75, 3.05) is 0 Å². The summed E-state index contributed by atoms with van der Waals surface area (Å²) in [5, 5.41) is 7.67.